The lowest BCUT2D eigenvalue weighted by Gasteiger charge is -2.19. The third-order valence-corrected chi connectivity index (χ3v) is 6.35. The Balaban J connectivity index is 1.38. The van der Waals surface area contributed by atoms with E-state index in [-0.39, 0.29) is 42.5 Å². The minimum Gasteiger partial charge on any atom is -0.325 e. The Kier molecular flexibility index (Phi) is 4.24. The van der Waals surface area contributed by atoms with Crippen molar-refractivity contribution in [1.82, 2.24) is 4.90 Å². The molecule has 5 nitrogen and oxygen atoms in total. The van der Waals surface area contributed by atoms with Crippen LogP contribution in [0.3, 0.4) is 0 Å². The van der Waals surface area contributed by atoms with Crippen molar-refractivity contribution in [3.8, 4) is 0 Å². The molecule has 2 aliphatic carbocycles. The molecule has 0 aromatic heterocycles. The second-order valence-electron chi connectivity index (χ2n) is 7.14. The van der Waals surface area contributed by atoms with Gasteiger partial charge in [0.2, 0.25) is 17.7 Å². The Morgan fingerprint density at radius 1 is 1.12 bits per heavy atom. The Morgan fingerprint density at radius 3 is 2.40 bits per heavy atom. The topological polar surface area (TPSA) is 66.5 Å². The first-order valence-corrected chi connectivity index (χ1v) is 9.31. The van der Waals surface area contributed by atoms with Crippen LogP contribution < -0.4 is 5.32 Å². The maximum Gasteiger partial charge on any atom is 0.233 e. The minimum absolute atomic E-state index is 0.0507. The molecule has 0 spiro atoms. The van der Waals surface area contributed by atoms with Gasteiger partial charge in [0.1, 0.15) is 0 Å². The van der Waals surface area contributed by atoms with Gasteiger partial charge in [-0.15, -0.1) is 0 Å². The standard InChI is InChI=1S/C18H18Cl2N2O3/c19-11-3-4-12(20)13(8-11)21-14(23)5-6-22-17(24)15-9-1-2-10(7-9)16(15)18(22)25/h3-4,8-10,15-16H,1-2,5-7H2,(H,21,23)/t9-,10+,15-,16+. The monoisotopic (exact) mass is 380 g/mol. The Hall–Kier alpha value is -1.59. The van der Waals surface area contributed by atoms with E-state index in [1.807, 2.05) is 0 Å². The molecule has 4 rings (SSSR count). The molecule has 0 unspecified atom stereocenters. The SMILES string of the molecule is O=C(CCN1C(=O)[C@@H]2[C@@H]3CC[C@@H](C3)[C@@H]2C1=O)Nc1cc(Cl)ccc1Cl. The number of nitrogens with zero attached hydrogens (tertiary/aromatic N) is 1. The second-order valence-corrected chi connectivity index (χ2v) is 7.98. The van der Waals surface area contributed by atoms with E-state index in [4.69, 9.17) is 23.2 Å². The number of rotatable bonds is 4. The highest BCUT2D eigenvalue weighted by atomic mass is 35.5. The number of hydrogen-bond acceptors (Lipinski definition) is 3. The number of likely N-dealkylation sites (tertiary alicyclic amines) is 1. The van der Waals surface area contributed by atoms with Crippen molar-refractivity contribution in [2.75, 3.05) is 11.9 Å². The highest BCUT2D eigenvalue weighted by molar-refractivity contribution is 6.35. The summed E-state index contributed by atoms with van der Waals surface area (Å²) in [7, 11) is 0. The van der Waals surface area contributed by atoms with Gasteiger partial charge in [-0.3, -0.25) is 19.3 Å². The van der Waals surface area contributed by atoms with Crippen LogP contribution in [-0.4, -0.2) is 29.2 Å². The van der Waals surface area contributed by atoms with Crippen molar-refractivity contribution in [2.45, 2.75) is 25.7 Å². The predicted molar refractivity (Wildman–Crippen MR) is 94.2 cm³/mol. The molecule has 7 heteroatoms. The van der Waals surface area contributed by atoms with E-state index < -0.39 is 0 Å². The van der Waals surface area contributed by atoms with Crippen LogP contribution in [0, 0.1) is 23.7 Å². The molecule has 1 aliphatic heterocycles. The highest BCUT2D eigenvalue weighted by Gasteiger charge is 2.60. The van der Waals surface area contributed by atoms with Gasteiger partial charge in [-0.1, -0.05) is 23.2 Å². The Morgan fingerprint density at radius 2 is 1.76 bits per heavy atom. The summed E-state index contributed by atoms with van der Waals surface area (Å²) in [4.78, 5) is 38.6. The third-order valence-electron chi connectivity index (χ3n) is 5.78. The van der Waals surface area contributed by atoms with Crippen molar-refractivity contribution >= 4 is 46.6 Å². The summed E-state index contributed by atoms with van der Waals surface area (Å²) < 4.78 is 0. The number of nitrogens with one attached hydrogen (secondary N) is 1. The van der Waals surface area contributed by atoms with Crippen LogP contribution in [-0.2, 0) is 14.4 Å². The van der Waals surface area contributed by atoms with E-state index in [1.165, 1.54) is 4.90 Å². The molecular weight excluding hydrogens is 363 g/mol. The second kappa shape index (κ2) is 6.29. The van der Waals surface area contributed by atoms with Crippen molar-refractivity contribution < 1.29 is 14.4 Å². The lowest BCUT2D eigenvalue weighted by atomic mass is 9.81. The quantitative estimate of drug-likeness (QED) is 0.814. The van der Waals surface area contributed by atoms with Gasteiger partial charge < -0.3 is 5.32 Å². The molecule has 3 aliphatic rings. The average Bonchev–Trinajstić information content (AvgIpc) is 3.24. The summed E-state index contributed by atoms with van der Waals surface area (Å²) in [5, 5.41) is 3.53. The molecule has 1 aromatic rings. The molecule has 1 aromatic carbocycles. The molecule has 3 amide bonds. The fraction of sp³-hybridized carbons (Fsp3) is 0.500. The number of fused-ring (bicyclic) bond motifs is 5. The lowest BCUT2D eigenvalue weighted by molar-refractivity contribution is -0.140. The molecule has 2 saturated carbocycles. The van der Waals surface area contributed by atoms with Crippen LogP contribution in [0.4, 0.5) is 5.69 Å². The molecule has 1 saturated heterocycles. The van der Waals surface area contributed by atoms with E-state index in [9.17, 15) is 14.4 Å². The molecule has 4 atom stereocenters. The lowest BCUT2D eigenvalue weighted by Crippen LogP contribution is -2.35. The molecule has 1 N–H and O–H groups in total. The summed E-state index contributed by atoms with van der Waals surface area (Å²) in [6, 6.07) is 4.80. The Bertz CT molecular complexity index is 739. The normalized spacial score (nSPS) is 30.1. The minimum atomic E-state index is -0.301. The number of anilines is 1. The first-order valence-electron chi connectivity index (χ1n) is 8.56. The number of amides is 3. The maximum atomic E-state index is 12.6. The van der Waals surface area contributed by atoms with E-state index in [0.717, 1.165) is 19.3 Å². The zero-order valence-electron chi connectivity index (χ0n) is 13.5. The highest BCUT2D eigenvalue weighted by Crippen LogP contribution is 2.56. The fourth-order valence-corrected chi connectivity index (χ4v) is 5.05. The summed E-state index contributed by atoms with van der Waals surface area (Å²) in [5.74, 6) is -0.0455. The average molecular weight is 381 g/mol. The van der Waals surface area contributed by atoms with Gasteiger partial charge in [-0.05, 0) is 49.3 Å². The smallest absolute Gasteiger partial charge is 0.233 e. The van der Waals surface area contributed by atoms with Crippen molar-refractivity contribution in [3.63, 3.8) is 0 Å². The molecule has 25 heavy (non-hydrogen) atoms. The molecule has 2 bridgehead atoms. The number of halogens is 2. The van der Waals surface area contributed by atoms with E-state index in [1.54, 1.807) is 18.2 Å². The number of hydrogen-bond donors (Lipinski definition) is 1. The van der Waals surface area contributed by atoms with Crippen LogP contribution >= 0.6 is 23.2 Å². The largest absolute Gasteiger partial charge is 0.325 e. The zero-order chi connectivity index (χ0) is 17.7. The molecule has 132 valence electrons. The molecule has 1 heterocycles. The van der Waals surface area contributed by atoms with Gasteiger partial charge in [0.15, 0.2) is 0 Å². The predicted octanol–water partition coefficient (Wildman–Crippen LogP) is 3.35. The summed E-state index contributed by atoms with van der Waals surface area (Å²) >= 11 is 11.9. The number of carbonyl (C=O) groups is 3. The fourth-order valence-electron chi connectivity index (χ4n) is 4.71. The van der Waals surface area contributed by atoms with Gasteiger partial charge in [0.25, 0.3) is 0 Å². The summed E-state index contributed by atoms with van der Waals surface area (Å²) in [6.07, 6.45) is 3.16. The number of carbonyl (C=O) groups excluding carboxylic acids is 3. The first kappa shape index (κ1) is 16.9. The number of benzene rings is 1. The van der Waals surface area contributed by atoms with Crippen molar-refractivity contribution in [1.29, 1.82) is 0 Å². The van der Waals surface area contributed by atoms with Gasteiger partial charge in [-0.25, -0.2) is 0 Å². The first-order chi connectivity index (χ1) is 12.0. The van der Waals surface area contributed by atoms with Gasteiger partial charge in [0, 0.05) is 18.0 Å². The van der Waals surface area contributed by atoms with Crippen LogP contribution in [0.1, 0.15) is 25.7 Å². The molecule has 0 radical (unpaired) electrons. The summed E-state index contributed by atoms with van der Waals surface area (Å²) in [6.45, 7) is 0.119. The maximum absolute atomic E-state index is 12.6. The number of imide groups is 1. The van der Waals surface area contributed by atoms with E-state index in [2.05, 4.69) is 5.32 Å². The molecular formula is C18H18Cl2N2O3. The van der Waals surface area contributed by atoms with E-state index in [0.29, 0.717) is 27.6 Å². The van der Waals surface area contributed by atoms with Gasteiger partial charge in [-0.2, -0.15) is 0 Å². The van der Waals surface area contributed by atoms with Crippen LogP contribution in [0.15, 0.2) is 18.2 Å². The third kappa shape index (κ3) is 2.83. The zero-order valence-corrected chi connectivity index (χ0v) is 15.0. The van der Waals surface area contributed by atoms with Crippen molar-refractivity contribution in [2.24, 2.45) is 23.7 Å². The Labute approximate surface area is 155 Å². The van der Waals surface area contributed by atoms with Crippen LogP contribution in [0.25, 0.3) is 0 Å². The van der Waals surface area contributed by atoms with Crippen molar-refractivity contribution in [3.05, 3.63) is 28.2 Å². The van der Waals surface area contributed by atoms with Gasteiger partial charge >= 0.3 is 0 Å². The molecule has 3 fully saturated rings. The van der Waals surface area contributed by atoms with Crippen LogP contribution in [0.2, 0.25) is 10.0 Å². The summed E-state index contributed by atoms with van der Waals surface area (Å²) in [5.41, 5.74) is 0.424. The van der Waals surface area contributed by atoms with E-state index >= 15 is 0 Å². The van der Waals surface area contributed by atoms with Crippen LogP contribution in [0.5, 0.6) is 0 Å². The van der Waals surface area contributed by atoms with Gasteiger partial charge in [0.05, 0.1) is 22.5 Å².